The van der Waals surface area contributed by atoms with Gasteiger partial charge in [0, 0.05) is 35.9 Å². The standard InChI is InChI=1S/C35H44ClN3O3/c1-7-23(2)42-33-22-31-27(20-32(33)41-6)21-34(40)39(35(31)26-8-12-28(36)13-9-26)30-14-10-25(11-15-30)24(3)38-18-16-29(17-19-38)37(4)5/h8-15,20,22-24,29,35H,7,16-19,21H2,1-6H3/t23?,24-,35+/m0/s1. The van der Waals surface area contributed by atoms with Crippen LogP contribution in [0.2, 0.25) is 5.02 Å². The maximum Gasteiger partial charge on any atom is 0.232 e. The molecule has 1 saturated heterocycles. The minimum absolute atomic E-state index is 0.0375. The van der Waals surface area contributed by atoms with E-state index in [-0.39, 0.29) is 18.1 Å². The van der Waals surface area contributed by atoms with E-state index in [1.54, 1.807) is 7.11 Å². The molecule has 42 heavy (non-hydrogen) atoms. The number of fused-ring (bicyclic) bond motifs is 1. The zero-order valence-corrected chi connectivity index (χ0v) is 26.5. The van der Waals surface area contributed by atoms with Gasteiger partial charge in [0.25, 0.3) is 0 Å². The molecule has 3 aromatic carbocycles. The van der Waals surface area contributed by atoms with Crippen LogP contribution in [0.1, 0.15) is 74.4 Å². The third-order valence-electron chi connectivity index (χ3n) is 9.11. The predicted molar refractivity (Wildman–Crippen MR) is 171 cm³/mol. The van der Waals surface area contributed by atoms with Gasteiger partial charge in [-0.25, -0.2) is 0 Å². The Hall–Kier alpha value is -3.06. The van der Waals surface area contributed by atoms with Crippen molar-refractivity contribution < 1.29 is 14.3 Å². The van der Waals surface area contributed by atoms with Gasteiger partial charge in [-0.2, -0.15) is 0 Å². The normalized spacial score (nSPS) is 19.5. The third-order valence-corrected chi connectivity index (χ3v) is 9.36. The maximum atomic E-state index is 13.9. The van der Waals surface area contributed by atoms with Crippen molar-refractivity contribution in [2.24, 2.45) is 0 Å². The molecule has 1 fully saturated rings. The van der Waals surface area contributed by atoms with E-state index >= 15 is 0 Å². The average Bonchev–Trinajstić information content (AvgIpc) is 3.00. The fourth-order valence-corrected chi connectivity index (χ4v) is 6.41. The lowest BCUT2D eigenvalue weighted by atomic mass is 9.86. The minimum Gasteiger partial charge on any atom is -0.493 e. The Balaban J connectivity index is 1.49. The summed E-state index contributed by atoms with van der Waals surface area (Å²) >= 11 is 6.28. The number of carbonyl (C=O) groups is 1. The number of nitrogens with zero attached hydrogens (tertiary/aromatic N) is 3. The van der Waals surface area contributed by atoms with Crippen LogP contribution in [0.15, 0.2) is 60.7 Å². The number of methoxy groups -OCH3 is 1. The van der Waals surface area contributed by atoms with Crippen molar-refractivity contribution in [3.05, 3.63) is 87.9 Å². The van der Waals surface area contributed by atoms with Crippen LogP contribution in [0, 0.1) is 0 Å². The van der Waals surface area contributed by atoms with Crippen molar-refractivity contribution in [2.75, 3.05) is 39.2 Å². The number of ether oxygens (including phenoxy) is 2. The van der Waals surface area contributed by atoms with Crippen molar-refractivity contribution in [1.82, 2.24) is 9.80 Å². The van der Waals surface area contributed by atoms with Crippen LogP contribution in [-0.4, -0.2) is 62.1 Å². The molecule has 7 heteroatoms. The van der Waals surface area contributed by atoms with E-state index in [1.807, 2.05) is 35.2 Å². The Kier molecular flexibility index (Phi) is 9.46. The van der Waals surface area contributed by atoms with Crippen LogP contribution in [-0.2, 0) is 11.2 Å². The van der Waals surface area contributed by atoms with E-state index in [0.717, 1.165) is 41.9 Å². The van der Waals surface area contributed by atoms with Crippen LogP contribution >= 0.6 is 11.6 Å². The van der Waals surface area contributed by atoms with Gasteiger partial charge in [-0.1, -0.05) is 42.8 Å². The highest BCUT2D eigenvalue weighted by Crippen LogP contribution is 2.44. The van der Waals surface area contributed by atoms with Gasteiger partial charge in [-0.3, -0.25) is 9.69 Å². The van der Waals surface area contributed by atoms with Crippen molar-refractivity contribution in [1.29, 1.82) is 0 Å². The average molecular weight is 590 g/mol. The molecule has 224 valence electrons. The van der Waals surface area contributed by atoms with Gasteiger partial charge in [-0.05, 0) is 106 Å². The highest BCUT2D eigenvalue weighted by atomic mass is 35.5. The van der Waals surface area contributed by atoms with Crippen molar-refractivity contribution in [3.8, 4) is 11.5 Å². The van der Waals surface area contributed by atoms with E-state index in [0.29, 0.717) is 35.0 Å². The Morgan fingerprint density at radius 1 is 0.976 bits per heavy atom. The lowest BCUT2D eigenvalue weighted by Crippen LogP contribution is -2.42. The highest BCUT2D eigenvalue weighted by Gasteiger charge is 2.36. The van der Waals surface area contributed by atoms with Gasteiger partial charge in [0.05, 0.1) is 25.7 Å². The number of rotatable bonds is 9. The molecule has 0 aliphatic carbocycles. The SMILES string of the molecule is CCC(C)Oc1cc2c(cc1OC)CC(=O)N(c1ccc([C@H](C)N3CCC(N(C)C)CC3)cc1)[C@@H]2c1ccc(Cl)cc1. The van der Waals surface area contributed by atoms with Crippen molar-refractivity contribution >= 4 is 23.2 Å². The zero-order valence-electron chi connectivity index (χ0n) is 25.8. The van der Waals surface area contributed by atoms with Gasteiger partial charge in [-0.15, -0.1) is 0 Å². The quantitative estimate of drug-likeness (QED) is 0.262. The lowest BCUT2D eigenvalue weighted by molar-refractivity contribution is -0.118. The summed E-state index contributed by atoms with van der Waals surface area (Å²) in [5.41, 5.74) is 5.14. The van der Waals surface area contributed by atoms with Crippen LogP contribution < -0.4 is 14.4 Å². The Morgan fingerprint density at radius 3 is 2.24 bits per heavy atom. The number of hydrogen-bond acceptors (Lipinski definition) is 5. The summed E-state index contributed by atoms with van der Waals surface area (Å²) in [6.45, 7) is 8.63. The maximum absolute atomic E-state index is 13.9. The molecule has 0 saturated carbocycles. The summed E-state index contributed by atoms with van der Waals surface area (Å²) in [7, 11) is 6.00. The molecular weight excluding hydrogens is 546 g/mol. The first-order valence-electron chi connectivity index (χ1n) is 15.2. The molecular formula is C35H44ClN3O3. The largest absolute Gasteiger partial charge is 0.493 e. The Bertz CT molecular complexity index is 1370. The first-order valence-corrected chi connectivity index (χ1v) is 15.5. The number of carbonyl (C=O) groups excluding carboxylic acids is 1. The van der Waals surface area contributed by atoms with Gasteiger partial charge >= 0.3 is 0 Å². The summed E-state index contributed by atoms with van der Waals surface area (Å²) in [6.07, 6.45) is 3.58. The number of amides is 1. The smallest absolute Gasteiger partial charge is 0.232 e. The summed E-state index contributed by atoms with van der Waals surface area (Å²) in [4.78, 5) is 20.7. The van der Waals surface area contributed by atoms with E-state index in [1.165, 1.54) is 18.4 Å². The second-order valence-corrected chi connectivity index (χ2v) is 12.4. The molecule has 6 nitrogen and oxygen atoms in total. The topological polar surface area (TPSA) is 45.3 Å². The van der Waals surface area contributed by atoms with Crippen LogP contribution in [0.3, 0.4) is 0 Å². The number of anilines is 1. The number of benzene rings is 3. The van der Waals surface area contributed by atoms with Gasteiger partial charge in [0.1, 0.15) is 0 Å². The molecule has 0 N–H and O–H groups in total. The first kappa shape index (κ1) is 30.4. The molecule has 2 aliphatic heterocycles. The molecule has 2 aliphatic rings. The molecule has 0 aromatic heterocycles. The Morgan fingerprint density at radius 2 is 1.64 bits per heavy atom. The third kappa shape index (κ3) is 6.31. The van der Waals surface area contributed by atoms with E-state index in [9.17, 15) is 4.79 Å². The number of likely N-dealkylation sites (tertiary alicyclic amines) is 1. The molecule has 3 atom stereocenters. The van der Waals surface area contributed by atoms with E-state index in [2.05, 4.69) is 75.0 Å². The highest BCUT2D eigenvalue weighted by molar-refractivity contribution is 6.30. The minimum atomic E-state index is -0.322. The van der Waals surface area contributed by atoms with Crippen LogP contribution in [0.4, 0.5) is 5.69 Å². The zero-order chi connectivity index (χ0) is 30.0. The van der Waals surface area contributed by atoms with Crippen LogP contribution in [0.25, 0.3) is 0 Å². The van der Waals surface area contributed by atoms with Gasteiger partial charge < -0.3 is 19.3 Å². The summed E-state index contributed by atoms with van der Waals surface area (Å²) < 4.78 is 12.0. The molecule has 0 radical (unpaired) electrons. The van der Waals surface area contributed by atoms with Crippen LogP contribution in [0.5, 0.6) is 11.5 Å². The van der Waals surface area contributed by atoms with Gasteiger partial charge in [0.2, 0.25) is 5.91 Å². The second kappa shape index (κ2) is 13.1. The first-order chi connectivity index (χ1) is 20.2. The number of hydrogen-bond donors (Lipinski definition) is 0. The van der Waals surface area contributed by atoms with E-state index in [4.69, 9.17) is 21.1 Å². The molecule has 0 spiro atoms. The summed E-state index contributed by atoms with van der Waals surface area (Å²) in [5, 5.41) is 0.663. The fourth-order valence-electron chi connectivity index (χ4n) is 6.29. The molecule has 1 unspecified atom stereocenters. The van der Waals surface area contributed by atoms with E-state index < -0.39 is 0 Å². The summed E-state index contributed by atoms with van der Waals surface area (Å²) in [6, 6.07) is 21.1. The number of halogens is 1. The lowest BCUT2D eigenvalue weighted by Gasteiger charge is -2.39. The Labute approximate surface area is 256 Å². The molecule has 1 amide bonds. The predicted octanol–water partition coefficient (Wildman–Crippen LogP) is 7.29. The fraction of sp³-hybridized carbons (Fsp3) is 0.457. The molecule has 3 aromatic rings. The summed E-state index contributed by atoms with van der Waals surface area (Å²) in [5.74, 6) is 1.39. The second-order valence-electron chi connectivity index (χ2n) is 11.9. The molecule has 2 heterocycles. The number of piperidine rings is 1. The molecule has 0 bridgehead atoms. The molecule has 5 rings (SSSR count). The van der Waals surface area contributed by atoms with Crippen molar-refractivity contribution in [3.63, 3.8) is 0 Å². The van der Waals surface area contributed by atoms with Crippen molar-refractivity contribution in [2.45, 2.75) is 70.7 Å². The monoisotopic (exact) mass is 589 g/mol. The van der Waals surface area contributed by atoms with Gasteiger partial charge in [0.15, 0.2) is 11.5 Å².